The number of carboxylic acid groups (broad SMARTS) is 1. The Morgan fingerprint density at radius 1 is 1.11 bits per heavy atom. The predicted molar refractivity (Wildman–Crippen MR) is 133 cm³/mol. The van der Waals surface area contributed by atoms with E-state index in [1.165, 1.54) is 0 Å². The van der Waals surface area contributed by atoms with Gasteiger partial charge in [0.2, 0.25) is 0 Å². The molecular formula is C28H29N3O5. The molecule has 0 fully saturated rings. The number of benzene rings is 2. The highest BCUT2D eigenvalue weighted by Gasteiger charge is 2.35. The number of carboxylic acids is 1. The number of hydrogen-bond donors (Lipinski definition) is 3. The smallest absolute Gasteiger partial charge is 0.407 e. The fraction of sp³-hybridized carbons (Fsp3) is 0.357. The molecule has 8 nitrogen and oxygen atoms in total. The Hall–Kier alpha value is -3.94. The van der Waals surface area contributed by atoms with Crippen molar-refractivity contribution in [1.82, 2.24) is 15.5 Å². The van der Waals surface area contributed by atoms with E-state index >= 15 is 0 Å². The van der Waals surface area contributed by atoms with Crippen LogP contribution < -0.4 is 5.32 Å². The number of alkyl carbamates (subject to hydrolysis) is 1. The first-order chi connectivity index (χ1) is 17.2. The molecule has 0 unspecified atom stereocenters. The summed E-state index contributed by atoms with van der Waals surface area (Å²) >= 11 is 0. The molecule has 2 aromatic carbocycles. The van der Waals surface area contributed by atoms with Crippen LogP contribution in [0.1, 0.15) is 65.5 Å². The number of fused-ring (bicyclic) bond motifs is 4. The second-order valence-corrected chi connectivity index (χ2v) is 10.4. The minimum atomic E-state index is -1.17. The van der Waals surface area contributed by atoms with Crippen LogP contribution >= 0.6 is 0 Å². The second-order valence-electron chi connectivity index (χ2n) is 10.4. The molecule has 1 heterocycles. The molecule has 0 saturated heterocycles. The molecule has 1 amide bonds. The lowest BCUT2D eigenvalue weighted by molar-refractivity contribution is -0.139. The molecular weight excluding hydrogens is 458 g/mol. The molecule has 2 aliphatic rings. The highest BCUT2D eigenvalue weighted by molar-refractivity contribution is 5.99. The maximum Gasteiger partial charge on any atom is 0.407 e. The van der Waals surface area contributed by atoms with Crippen molar-refractivity contribution in [1.29, 1.82) is 0 Å². The molecule has 0 aliphatic heterocycles. The summed E-state index contributed by atoms with van der Waals surface area (Å²) in [6, 6.07) is 14.9. The van der Waals surface area contributed by atoms with Gasteiger partial charge in [-0.2, -0.15) is 5.10 Å². The van der Waals surface area contributed by atoms with Crippen molar-refractivity contribution in [2.24, 2.45) is 5.41 Å². The van der Waals surface area contributed by atoms with E-state index in [1.54, 1.807) is 0 Å². The van der Waals surface area contributed by atoms with E-state index in [0.717, 1.165) is 27.9 Å². The monoisotopic (exact) mass is 487 g/mol. The fourth-order valence-electron chi connectivity index (χ4n) is 5.44. The number of rotatable bonds is 7. The van der Waals surface area contributed by atoms with Gasteiger partial charge in [0.05, 0.1) is 11.3 Å². The zero-order valence-electron chi connectivity index (χ0n) is 20.3. The first-order valence-electron chi connectivity index (χ1n) is 12.2. The van der Waals surface area contributed by atoms with Crippen molar-refractivity contribution in [3.05, 3.63) is 76.6 Å². The number of ether oxygens (including phenoxy) is 1. The molecule has 0 saturated carbocycles. The molecule has 2 aliphatic carbocycles. The van der Waals surface area contributed by atoms with Gasteiger partial charge in [0.25, 0.3) is 0 Å². The molecule has 1 aromatic heterocycles. The van der Waals surface area contributed by atoms with Crippen LogP contribution in [0.4, 0.5) is 4.79 Å². The molecule has 3 aromatic rings. The number of amides is 1. The Kier molecular flexibility index (Phi) is 6.12. The van der Waals surface area contributed by atoms with Gasteiger partial charge >= 0.3 is 12.1 Å². The Balaban J connectivity index is 1.22. The third-order valence-corrected chi connectivity index (χ3v) is 7.09. The third-order valence-electron chi connectivity index (χ3n) is 7.09. The number of Topliss-reactive ketones (excluding diaryl/α,β-unsaturated/α-hetero) is 1. The van der Waals surface area contributed by atoms with E-state index in [0.29, 0.717) is 24.1 Å². The first-order valence-corrected chi connectivity index (χ1v) is 12.2. The van der Waals surface area contributed by atoms with Crippen LogP contribution in [-0.4, -0.2) is 45.8 Å². The summed E-state index contributed by atoms with van der Waals surface area (Å²) in [5, 5.41) is 19.4. The number of ketones is 1. The van der Waals surface area contributed by atoms with Crippen LogP contribution in [0.2, 0.25) is 0 Å². The van der Waals surface area contributed by atoms with E-state index in [2.05, 4.69) is 15.5 Å². The lowest BCUT2D eigenvalue weighted by Crippen LogP contribution is -2.41. The first kappa shape index (κ1) is 23.8. The van der Waals surface area contributed by atoms with Crippen molar-refractivity contribution in [2.75, 3.05) is 6.61 Å². The highest BCUT2D eigenvalue weighted by atomic mass is 16.5. The third kappa shape index (κ3) is 4.51. The summed E-state index contributed by atoms with van der Waals surface area (Å²) in [6.45, 7) is 4.17. The van der Waals surface area contributed by atoms with Gasteiger partial charge < -0.3 is 15.2 Å². The number of aryl methyl sites for hydroxylation is 1. The summed E-state index contributed by atoms with van der Waals surface area (Å²) in [6.07, 6.45) is 0.687. The van der Waals surface area contributed by atoms with Crippen LogP contribution in [0.3, 0.4) is 0 Å². The number of aliphatic carboxylic acids is 1. The molecule has 5 rings (SSSR count). The number of nitrogens with zero attached hydrogens (tertiary/aromatic N) is 1. The SMILES string of the molecule is CC1(C)CC(=O)c2c(CC[C@H](NC(=O)OCC3c4ccccc4-c4ccccc43)C(=O)O)n[nH]c2C1. The normalized spacial score (nSPS) is 16.6. The number of carbonyl (C=O) groups is 3. The van der Waals surface area contributed by atoms with Crippen LogP contribution in [0, 0.1) is 5.41 Å². The Morgan fingerprint density at radius 2 is 1.75 bits per heavy atom. The predicted octanol–water partition coefficient (Wildman–Crippen LogP) is 4.49. The van der Waals surface area contributed by atoms with Gasteiger partial charge in [0.15, 0.2) is 5.78 Å². The lowest BCUT2D eigenvalue weighted by atomic mass is 9.75. The summed E-state index contributed by atoms with van der Waals surface area (Å²) < 4.78 is 5.50. The van der Waals surface area contributed by atoms with Gasteiger partial charge in [-0.25, -0.2) is 9.59 Å². The van der Waals surface area contributed by atoms with Crippen LogP contribution in [0.25, 0.3) is 11.1 Å². The average molecular weight is 488 g/mol. The molecule has 186 valence electrons. The zero-order chi connectivity index (χ0) is 25.4. The van der Waals surface area contributed by atoms with E-state index < -0.39 is 18.1 Å². The van der Waals surface area contributed by atoms with Crippen molar-refractivity contribution < 1.29 is 24.2 Å². The van der Waals surface area contributed by atoms with E-state index in [4.69, 9.17) is 4.74 Å². The molecule has 8 heteroatoms. The summed E-state index contributed by atoms with van der Waals surface area (Å²) in [7, 11) is 0. The minimum Gasteiger partial charge on any atom is -0.480 e. The maximum absolute atomic E-state index is 12.7. The Morgan fingerprint density at radius 3 is 2.39 bits per heavy atom. The quantitative estimate of drug-likeness (QED) is 0.452. The second kappa shape index (κ2) is 9.26. The number of carbonyl (C=O) groups excluding carboxylic acids is 2. The van der Waals surface area contributed by atoms with Crippen molar-refractivity contribution >= 4 is 17.8 Å². The minimum absolute atomic E-state index is 0.0152. The maximum atomic E-state index is 12.7. The zero-order valence-corrected chi connectivity index (χ0v) is 20.3. The summed E-state index contributed by atoms with van der Waals surface area (Å²) in [5.74, 6) is -1.26. The Bertz CT molecular complexity index is 1300. The van der Waals surface area contributed by atoms with Crippen LogP contribution in [-0.2, 0) is 22.4 Å². The standard InChI is InChI=1S/C28H29N3O5/c1-28(2)13-23-25(24(32)14-28)21(30-31-23)11-12-22(26(33)34)29-27(35)36-15-20-18-9-5-3-7-16(18)17-8-4-6-10-19(17)20/h3-10,20,22H,11-15H2,1-2H3,(H,29,35)(H,30,31)(H,33,34)/t22-/m0/s1. The van der Waals surface area contributed by atoms with Gasteiger partial charge in [0.1, 0.15) is 12.6 Å². The van der Waals surface area contributed by atoms with Crippen molar-refractivity contribution in [2.45, 2.75) is 51.5 Å². The van der Waals surface area contributed by atoms with Gasteiger partial charge in [-0.15, -0.1) is 0 Å². The van der Waals surface area contributed by atoms with Crippen molar-refractivity contribution in [3.63, 3.8) is 0 Å². The van der Waals surface area contributed by atoms with E-state index in [1.807, 2.05) is 62.4 Å². The Labute approximate surface area is 209 Å². The molecule has 36 heavy (non-hydrogen) atoms. The summed E-state index contributed by atoms with van der Waals surface area (Å²) in [4.78, 5) is 37.1. The number of aromatic amines is 1. The largest absolute Gasteiger partial charge is 0.480 e. The number of aromatic nitrogens is 2. The van der Waals surface area contributed by atoms with E-state index in [-0.39, 0.29) is 36.6 Å². The summed E-state index contributed by atoms with van der Waals surface area (Å²) in [5.41, 5.74) is 6.17. The topological polar surface area (TPSA) is 121 Å². The molecule has 1 atom stereocenters. The highest BCUT2D eigenvalue weighted by Crippen LogP contribution is 2.44. The van der Waals surface area contributed by atoms with Crippen LogP contribution in [0.15, 0.2) is 48.5 Å². The molecule has 0 bridgehead atoms. The molecule has 3 N–H and O–H groups in total. The van der Waals surface area contributed by atoms with Crippen molar-refractivity contribution in [3.8, 4) is 11.1 Å². The molecule has 0 radical (unpaired) electrons. The fourth-order valence-corrected chi connectivity index (χ4v) is 5.44. The van der Waals surface area contributed by atoms with Gasteiger partial charge in [-0.05, 0) is 46.9 Å². The number of H-pyrrole nitrogens is 1. The average Bonchev–Trinajstić information content (AvgIpc) is 3.38. The number of nitrogens with one attached hydrogen (secondary N) is 2. The van der Waals surface area contributed by atoms with Crippen LogP contribution in [0.5, 0.6) is 0 Å². The van der Waals surface area contributed by atoms with Gasteiger partial charge in [-0.1, -0.05) is 62.4 Å². The lowest BCUT2D eigenvalue weighted by Gasteiger charge is -2.28. The molecule has 0 spiro atoms. The van der Waals surface area contributed by atoms with Gasteiger partial charge in [0, 0.05) is 18.0 Å². The number of hydrogen-bond acceptors (Lipinski definition) is 5. The van der Waals surface area contributed by atoms with E-state index in [9.17, 15) is 19.5 Å². The van der Waals surface area contributed by atoms with Gasteiger partial charge in [-0.3, -0.25) is 9.89 Å².